The first-order chi connectivity index (χ1) is 5.18. The highest BCUT2D eigenvalue weighted by atomic mass is 16.5. The van der Waals surface area contributed by atoms with Crippen molar-refractivity contribution in [1.29, 1.82) is 0 Å². The molecule has 0 spiro atoms. The molecule has 0 aromatic carbocycles. The highest BCUT2D eigenvalue weighted by Crippen LogP contribution is 2.20. The Morgan fingerprint density at radius 2 is 2.45 bits per heavy atom. The molecule has 1 atom stereocenters. The van der Waals surface area contributed by atoms with Gasteiger partial charge in [-0.05, 0) is 24.3 Å². The molecule has 0 aliphatic carbocycles. The molecular weight excluding hydrogens is 140 g/mol. The topological polar surface area (TPSA) is 26.3 Å². The molecule has 2 heteroatoms. The summed E-state index contributed by atoms with van der Waals surface area (Å²) in [6.45, 7) is 4.32. The number of carbonyl (C=O) groups is 1. The monoisotopic (exact) mass is 154 g/mol. The third kappa shape index (κ3) is 2.74. The normalized spacial score (nSPS) is 23.9. The standard InChI is InChI=1S/C9H14O2/c1-7(2)5-8-3-4-11-9(10)6-8/h3-4,7-8H,5-6H2,1-2H3/t8-/m1/s1. The fourth-order valence-electron chi connectivity index (χ4n) is 1.32. The first-order valence-corrected chi connectivity index (χ1v) is 4.04. The summed E-state index contributed by atoms with van der Waals surface area (Å²) in [5.41, 5.74) is 0. The lowest BCUT2D eigenvalue weighted by Gasteiger charge is -2.16. The van der Waals surface area contributed by atoms with Gasteiger partial charge < -0.3 is 4.74 Å². The number of rotatable bonds is 2. The number of cyclic esters (lactones) is 1. The number of hydrogen-bond acceptors (Lipinski definition) is 2. The van der Waals surface area contributed by atoms with Gasteiger partial charge in [0.05, 0.1) is 12.7 Å². The molecule has 1 aliphatic rings. The fourth-order valence-corrected chi connectivity index (χ4v) is 1.32. The summed E-state index contributed by atoms with van der Waals surface area (Å²) in [6.07, 6.45) is 5.11. The molecule has 2 nitrogen and oxygen atoms in total. The summed E-state index contributed by atoms with van der Waals surface area (Å²) in [6, 6.07) is 0. The quantitative estimate of drug-likeness (QED) is 0.569. The zero-order valence-corrected chi connectivity index (χ0v) is 7.04. The lowest BCUT2D eigenvalue weighted by molar-refractivity contribution is -0.139. The first kappa shape index (κ1) is 8.31. The molecule has 0 saturated carbocycles. The largest absolute Gasteiger partial charge is 0.435 e. The molecule has 0 aromatic rings. The molecule has 1 rings (SSSR count). The molecule has 0 fully saturated rings. The van der Waals surface area contributed by atoms with Gasteiger partial charge >= 0.3 is 5.97 Å². The second kappa shape index (κ2) is 3.56. The summed E-state index contributed by atoms with van der Waals surface area (Å²) in [5, 5.41) is 0. The molecule has 0 saturated heterocycles. The van der Waals surface area contributed by atoms with Gasteiger partial charge in [0.25, 0.3) is 0 Å². The predicted octanol–water partition coefficient (Wildman–Crippen LogP) is 2.11. The van der Waals surface area contributed by atoms with Crippen LogP contribution in [0.25, 0.3) is 0 Å². The van der Waals surface area contributed by atoms with Crippen molar-refractivity contribution in [2.24, 2.45) is 11.8 Å². The summed E-state index contributed by atoms with van der Waals surface area (Å²) in [7, 11) is 0. The van der Waals surface area contributed by atoms with Crippen molar-refractivity contribution < 1.29 is 9.53 Å². The molecule has 0 N–H and O–H groups in total. The van der Waals surface area contributed by atoms with Crippen LogP contribution in [0.3, 0.4) is 0 Å². The minimum absolute atomic E-state index is 0.0989. The van der Waals surface area contributed by atoms with Crippen LogP contribution >= 0.6 is 0 Å². The summed E-state index contributed by atoms with van der Waals surface area (Å²) in [5.74, 6) is 0.949. The number of ether oxygens (including phenoxy) is 1. The highest BCUT2D eigenvalue weighted by Gasteiger charge is 2.16. The van der Waals surface area contributed by atoms with E-state index in [1.54, 1.807) is 0 Å². The number of allylic oxidation sites excluding steroid dienone is 1. The maximum Gasteiger partial charge on any atom is 0.311 e. The van der Waals surface area contributed by atoms with Gasteiger partial charge in [0, 0.05) is 0 Å². The Hall–Kier alpha value is -0.790. The van der Waals surface area contributed by atoms with E-state index >= 15 is 0 Å². The Labute approximate surface area is 67.2 Å². The van der Waals surface area contributed by atoms with Gasteiger partial charge in [0.1, 0.15) is 0 Å². The van der Waals surface area contributed by atoms with Crippen molar-refractivity contribution in [2.45, 2.75) is 26.7 Å². The molecule has 62 valence electrons. The molecule has 0 unspecified atom stereocenters. The van der Waals surface area contributed by atoms with Crippen LogP contribution < -0.4 is 0 Å². The number of carbonyl (C=O) groups excluding carboxylic acids is 1. The van der Waals surface area contributed by atoms with E-state index in [1.165, 1.54) is 6.26 Å². The van der Waals surface area contributed by atoms with E-state index in [1.807, 2.05) is 6.08 Å². The Morgan fingerprint density at radius 1 is 1.73 bits per heavy atom. The highest BCUT2D eigenvalue weighted by molar-refractivity contribution is 5.71. The molecule has 0 bridgehead atoms. The van der Waals surface area contributed by atoms with Crippen LogP contribution in [0.15, 0.2) is 12.3 Å². The van der Waals surface area contributed by atoms with Gasteiger partial charge in [-0.15, -0.1) is 0 Å². The van der Waals surface area contributed by atoms with Gasteiger partial charge in [-0.25, -0.2) is 0 Å². The van der Waals surface area contributed by atoms with Crippen molar-refractivity contribution in [3.63, 3.8) is 0 Å². The first-order valence-electron chi connectivity index (χ1n) is 4.04. The smallest absolute Gasteiger partial charge is 0.311 e. The third-order valence-electron chi connectivity index (χ3n) is 1.75. The van der Waals surface area contributed by atoms with Crippen molar-refractivity contribution in [1.82, 2.24) is 0 Å². The Kier molecular flexibility index (Phi) is 2.69. The summed E-state index contributed by atoms with van der Waals surface area (Å²) < 4.78 is 4.67. The summed E-state index contributed by atoms with van der Waals surface area (Å²) in [4.78, 5) is 10.8. The zero-order chi connectivity index (χ0) is 8.27. The van der Waals surface area contributed by atoms with E-state index in [-0.39, 0.29) is 5.97 Å². The zero-order valence-electron chi connectivity index (χ0n) is 7.04. The SMILES string of the molecule is CC(C)C[C@H]1C=COC(=O)C1. The molecule has 0 radical (unpaired) electrons. The van der Waals surface area contributed by atoms with Crippen LogP contribution in [-0.4, -0.2) is 5.97 Å². The fraction of sp³-hybridized carbons (Fsp3) is 0.667. The van der Waals surface area contributed by atoms with Crippen LogP contribution in [0.4, 0.5) is 0 Å². The molecule has 11 heavy (non-hydrogen) atoms. The van der Waals surface area contributed by atoms with Gasteiger partial charge in [-0.3, -0.25) is 4.79 Å². The van der Waals surface area contributed by atoms with Gasteiger partial charge in [-0.1, -0.05) is 13.8 Å². The Morgan fingerprint density at radius 3 is 3.00 bits per heavy atom. The second-order valence-corrected chi connectivity index (χ2v) is 3.41. The van der Waals surface area contributed by atoms with Crippen LogP contribution in [0.2, 0.25) is 0 Å². The molecular formula is C9H14O2. The Balaban J connectivity index is 2.40. The molecule has 0 amide bonds. The number of hydrogen-bond donors (Lipinski definition) is 0. The molecule has 0 aromatic heterocycles. The van der Waals surface area contributed by atoms with Crippen molar-refractivity contribution in [2.75, 3.05) is 0 Å². The maximum atomic E-state index is 10.8. The second-order valence-electron chi connectivity index (χ2n) is 3.41. The van der Waals surface area contributed by atoms with Crippen LogP contribution in [0, 0.1) is 11.8 Å². The van der Waals surface area contributed by atoms with E-state index in [9.17, 15) is 4.79 Å². The lowest BCUT2D eigenvalue weighted by Crippen LogP contribution is -2.13. The van der Waals surface area contributed by atoms with Gasteiger partial charge in [0.2, 0.25) is 0 Å². The molecule has 1 heterocycles. The minimum Gasteiger partial charge on any atom is -0.435 e. The number of esters is 1. The van der Waals surface area contributed by atoms with E-state index in [0.717, 1.165) is 6.42 Å². The van der Waals surface area contributed by atoms with Gasteiger partial charge in [0.15, 0.2) is 0 Å². The minimum atomic E-state index is -0.0989. The van der Waals surface area contributed by atoms with Gasteiger partial charge in [-0.2, -0.15) is 0 Å². The van der Waals surface area contributed by atoms with Crippen LogP contribution in [0.5, 0.6) is 0 Å². The molecule has 1 aliphatic heterocycles. The summed E-state index contributed by atoms with van der Waals surface area (Å²) >= 11 is 0. The Bertz CT molecular complexity index is 170. The van der Waals surface area contributed by atoms with E-state index in [0.29, 0.717) is 18.3 Å². The predicted molar refractivity (Wildman–Crippen MR) is 42.8 cm³/mol. The van der Waals surface area contributed by atoms with Crippen LogP contribution in [0.1, 0.15) is 26.7 Å². The van der Waals surface area contributed by atoms with Crippen molar-refractivity contribution in [3.05, 3.63) is 12.3 Å². The van der Waals surface area contributed by atoms with Crippen LogP contribution in [-0.2, 0) is 9.53 Å². The maximum absolute atomic E-state index is 10.8. The van der Waals surface area contributed by atoms with E-state index < -0.39 is 0 Å². The van der Waals surface area contributed by atoms with Crippen molar-refractivity contribution >= 4 is 5.97 Å². The third-order valence-corrected chi connectivity index (χ3v) is 1.75. The average Bonchev–Trinajstić information content (AvgIpc) is 1.85. The lowest BCUT2D eigenvalue weighted by atomic mass is 9.93. The van der Waals surface area contributed by atoms with Crippen molar-refractivity contribution in [3.8, 4) is 0 Å². The van der Waals surface area contributed by atoms with E-state index in [4.69, 9.17) is 0 Å². The average molecular weight is 154 g/mol. The van der Waals surface area contributed by atoms with E-state index in [2.05, 4.69) is 18.6 Å².